The van der Waals surface area contributed by atoms with Crippen molar-refractivity contribution in [1.29, 1.82) is 0 Å². The molecule has 0 saturated heterocycles. The van der Waals surface area contributed by atoms with Crippen LogP contribution in [0.15, 0.2) is 328 Å². The number of hydrogen-bond donors (Lipinski definition) is 0. The minimum Gasteiger partial charge on any atom is -0.310 e. The smallest absolute Gasteiger partial charge is 0.182 e. The third kappa shape index (κ3) is 9.59. The Labute approximate surface area is 572 Å². The van der Waals surface area contributed by atoms with Crippen LogP contribution in [0, 0.1) is 0 Å². The molecule has 5 aromatic heterocycles. The van der Waals surface area contributed by atoms with Gasteiger partial charge < -0.3 is 4.90 Å². The zero-order valence-corrected chi connectivity index (χ0v) is 54.3. The molecule has 19 rings (SSSR count). The summed E-state index contributed by atoms with van der Waals surface area (Å²) < 4.78 is 2.40. The number of fused-ring (bicyclic) bond motifs is 14. The Morgan fingerprint density at radius 2 is 0.808 bits per heavy atom. The second-order valence-electron chi connectivity index (χ2n) is 26.2. The molecule has 0 radical (unpaired) electrons. The van der Waals surface area contributed by atoms with E-state index in [0.29, 0.717) is 23.2 Å². The van der Waals surface area contributed by atoms with Crippen molar-refractivity contribution in [3.05, 3.63) is 339 Å². The Bertz CT molecular complexity index is 6120. The average molecular weight is 1270 g/mol. The summed E-state index contributed by atoms with van der Waals surface area (Å²) in [6.45, 7) is 4.78. The predicted octanol–water partition coefficient (Wildman–Crippen LogP) is 23.2. The number of benzene rings is 13. The highest BCUT2D eigenvalue weighted by molar-refractivity contribution is 6.27. The van der Waals surface area contributed by atoms with Gasteiger partial charge in [-0.3, -0.25) is 14.5 Å². The number of pyridine rings is 3. The Balaban J connectivity index is 0.834. The molecule has 13 aromatic carbocycles. The molecular formula is C91H60N8. The largest absolute Gasteiger partial charge is 0.310 e. The first kappa shape index (κ1) is 57.4. The van der Waals surface area contributed by atoms with Crippen molar-refractivity contribution in [1.82, 2.24) is 34.5 Å². The zero-order valence-electron chi connectivity index (χ0n) is 54.3. The standard InChI is InChI=1S/C91H60N8/c1-91(2)80-40-38-75-78-54-63(68-39-42-83(74-30-17-16-25-69(68)74)98(66-36-33-60(34-37-66)57-19-6-3-7-20-57)67-52-64(58-21-8-4-9-22-58)51-65(53-67)59-23-10-5-11-24-59)35-41-84(78)99(87(75)86(80)79-55-76-72-28-14-12-26-70(72)71-27-13-15-29-73(71)77(76)56-81(79)91)85-32-18-31-82(94-85)90-96-88(61-43-47-92-48-44-61)95-89(97-90)62-45-49-93-50-46-62/h3-56H,1-2H3. The molecule has 8 heteroatoms. The number of hydrogen-bond acceptors (Lipinski definition) is 7. The van der Waals surface area contributed by atoms with Crippen LogP contribution in [-0.4, -0.2) is 34.5 Å². The van der Waals surface area contributed by atoms with Gasteiger partial charge >= 0.3 is 0 Å². The zero-order chi connectivity index (χ0) is 65.7. The molecule has 0 amide bonds. The molecular weight excluding hydrogens is 1210 g/mol. The van der Waals surface area contributed by atoms with Gasteiger partial charge in [-0.15, -0.1) is 0 Å². The summed E-state index contributed by atoms with van der Waals surface area (Å²) in [5.74, 6) is 2.24. The molecule has 0 unspecified atom stereocenters. The van der Waals surface area contributed by atoms with Crippen LogP contribution >= 0.6 is 0 Å². The topological polar surface area (TPSA) is 85.5 Å². The van der Waals surface area contributed by atoms with Crippen molar-refractivity contribution < 1.29 is 0 Å². The molecule has 0 N–H and O–H groups in total. The Kier molecular flexibility index (Phi) is 13.4. The minimum absolute atomic E-state index is 0.358. The van der Waals surface area contributed by atoms with Crippen LogP contribution in [0.5, 0.6) is 0 Å². The molecule has 99 heavy (non-hydrogen) atoms. The molecule has 0 fully saturated rings. The van der Waals surface area contributed by atoms with Crippen molar-refractivity contribution >= 4 is 82.0 Å². The first-order valence-corrected chi connectivity index (χ1v) is 33.6. The molecule has 1 aliphatic carbocycles. The van der Waals surface area contributed by atoms with Gasteiger partial charge in [-0.2, -0.15) is 0 Å². The summed E-state index contributed by atoms with van der Waals surface area (Å²) in [4.78, 5) is 32.0. The van der Waals surface area contributed by atoms with Crippen LogP contribution in [0.3, 0.4) is 0 Å². The third-order valence-electron chi connectivity index (χ3n) is 20.2. The summed E-state index contributed by atoms with van der Waals surface area (Å²) in [6.07, 6.45) is 7.04. The van der Waals surface area contributed by atoms with Gasteiger partial charge in [0, 0.05) is 74.4 Å². The maximum absolute atomic E-state index is 5.64. The van der Waals surface area contributed by atoms with Crippen LogP contribution in [-0.2, 0) is 5.41 Å². The van der Waals surface area contributed by atoms with Crippen LogP contribution in [0.25, 0.3) is 161 Å². The lowest BCUT2D eigenvalue weighted by Gasteiger charge is -2.29. The Morgan fingerprint density at radius 3 is 1.41 bits per heavy atom. The first-order valence-electron chi connectivity index (χ1n) is 33.6. The Hall–Kier alpha value is -13.0. The van der Waals surface area contributed by atoms with Crippen LogP contribution in [0.4, 0.5) is 17.1 Å². The first-order chi connectivity index (χ1) is 48.8. The molecule has 5 heterocycles. The number of nitrogens with zero attached hydrogens (tertiary/aromatic N) is 8. The average Bonchev–Trinajstić information content (AvgIpc) is 1.54. The van der Waals surface area contributed by atoms with Gasteiger partial charge in [0.05, 0.1) is 16.7 Å². The molecule has 18 aromatic rings. The van der Waals surface area contributed by atoms with Gasteiger partial charge in [-0.05, 0) is 196 Å². The number of anilines is 3. The molecule has 0 atom stereocenters. The SMILES string of the molecule is CC1(C)c2cc3c4ccccc4c4ccccc4c3cc2-c2c1ccc1c3cc(-c4ccc(N(c5ccc(-c6ccccc6)cc5)c5cc(-c6ccccc6)cc(-c6ccccc6)c5)c5ccccc45)ccc3n(-c3cccc(-c4nc(-c5ccncc5)nc(-c5ccncc5)n4)n3)c21. The summed E-state index contributed by atoms with van der Waals surface area (Å²) in [5, 5.41) is 12.0. The lowest BCUT2D eigenvalue weighted by Crippen LogP contribution is -2.15. The van der Waals surface area contributed by atoms with E-state index in [9.17, 15) is 0 Å². The van der Waals surface area contributed by atoms with Crippen molar-refractivity contribution in [3.63, 3.8) is 0 Å². The minimum atomic E-state index is -0.358. The normalized spacial score (nSPS) is 12.4. The highest BCUT2D eigenvalue weighted by Gasteiger charge is 2.39. The molecule has 0 aliphatic heterocycles. The summed E-state index contributed by atoms with van der Waals surface area (Å²) in [5.41, 5.74) is 21.3. The summed E-state index contributed by atoms with van der Waals surface area (Å²) in [6, 6.07) is 110. The van der Waals surface area contributed by atoms with Gasteiger partial charge in [0.25, 0.3) is 0 Å². The van der Waals surface area contributed by atoms with Crippen molar-refractivity contribution in [2.24, 2.45) is 0 Å². The Morgan fingerprint density at radius 1 is 0.293 bits per heavy atom. The maximum Gasteiger partial charge on any atom is 0.182 e. The number of rotatable bonds is 11. The molecule has 0 spiro atoms. The highest BCUT2D eigenvalue weighted by Crippen LogP contribution is 2.56. The second kappa shape index (κ2) is 23.1. The maximum atomic E-state index is 5.64. The molecule has 1 aliphatic rings. The van der Waals surface area contributed by atoms with Gasteiger partial charge in [-0.1, -0.05) is 220 Å². The fourth-order valence-electron chi connectivity index (χ4n) is 15.5. The van der Waals surface area contributed by atoms with E-state index < -0.39 is 0 Å². The molecule has 8 nitrogen and oxygen atoms in total. The quantitative estimate of drug-likeness (QED) is 0.119. The van der Waals surface area contributed by atoms with Crippen molar-refractivity contribution in [2.45, 2.75) is 19.3 Å². The van der Waals surface area contributed by atoms with Gasteiger partial charge in [-0.25, -0.2) is 19.9 Å². The molecule has 0 saturated carbocycles. The van der Waals surface area contributed by atoms with E-state index >= 15 is 0 Å². The van der Waals surface area contributed by atoms with E-state index in [1.807, 2.05) is 30.3 Å². The van der Waals surface area contributed by atoms with Gasteiger partial charge in [0.15, 0.2) is 17.5 Å². The van der Waals surface area contributed by atoms with Crippen molar-refractivity contribution in [2.75, 3.05) is 4.90 Å². The van der Waals surface area contributed by atoms with E-state index in [1.54, 1.807) is 24.8 Å². The van der Waals surface area contributed by atoms with Crippen LogP contribution < -0.4 is 4.90 Å². The second-order valence-corrected chi connectivity index (χ2v) is 26.2. The molecule has 464 valence electrons. The lowest BCUT2D eigenvalue weighted by atomic mass is 9.81. The monoisotopic (exact) mass is 1260 g/mol. The fraction of sp³-hybridized carbons (Fsp3) is 0.0330. The van der Waals surface area contributed by atoms with Crippen LogP contribution in [0.2, 0.25) is 0 Å². The fourth-order valence-corrected chi connectivity index (χ4v) is 15.5. The van der Waals surface area contributed by atoms with E-state index in [-0.39, 0.29) is 5.41 Å². The predicted molar refractivity (Wildman–Crippen MR) is 408 cm³/mol. The molecule has 0 bridgehead atoms. The van der Waals surface area contributed by atoms with E-state index in [2.05, 4.69) is 306 Å². The van der Waals surface area contributed by atoms with E-state index in [1.165, 1.54) is 60.1 Å². The van der Waals surface area contributed by atoms with Gasteiger partial charge in [0.1, 0.15) is 11.5 Å². The summed E-state index contributed by atoms with van der Waals surface area (Å²) >= 11 is 0. The van der Waals surface area contributed by atoms with Crippen molar-refractivity contribution in [3.8, 4) is 95.7 Å². The lowest BCUT2D eigenvalue weighted by molar-refractivity contribution is 0.661. The highest BCUT2D eigenvalue weighted by atomic mass is 15.1. The van der Waals surface area contributed by atoms with E-state index in [0.717, 1.165) is 106 Å². The van der Waals surface area contributed by atoms with Gasteiger partial charge in [0.2, 0.25) is 0 Å². The number of aromatic nitrogens is 7. The van der Waals surface area contributed by atoms with Crippen LogP contribution in [0.1, 0.15) is 25.0 Å². The van der Waals surface area contributed by atoms with E-state index in [4.69, 9.17) is 19.9 Å². The summed E-state index contributed by atoms with van der Waals surface area (Å²) in [7, 11) is 0. The third-order valence-corrected chi connectivity index (χ3v) is 20.2.